The molecule has 0 fully saturated rings. The highest BCUT2D eigenvalue weighted by Crippen LogP contribution is 2.26. The van der Waals surface area contributed by atoms with E-state index in [-0.39, 0.29) is 31.3 Å². The van der Waals surface area contributed by atoms with Crippen LogP contribution in [-0.4, -0.2) is 35.6 Å². The maximum Gasteiger partial charge on any atom is 0.271 e. The van der Waals surface area contributed by atoms with Crippen LogP contribution in [0.25, 0.3) is 0 Å². The van der Waals surface area contributed by atoms with E-state index in [1.165, 1.54) is 18.2 Å². The van der Waals surface area contributed by atoms with Crippen LogP contribution in [0.1, 0.15) is 0 Å². The molecule has 132 valence electrons. The van der Waals surface area contributed by atoms with Gasteiger partial charge in [-0.1, -0.05) is 17.7 Å². The fourth-order valence-electron chi connectivity index (χ4n) is 2.08. The predicted octanol–water partition coefficient (Wildman–Crippen LogP) is 2.70. The minimum atomic E-state index is -0.521. The van der Waals surface area contributed by atoms with Crippen molar-refractivity contribution in [3.05, 3.63) is 57.6 Å². The van der Waals surface area contributed by atoms with Crippen LogP contribution in [-0.2, 0) is 4.79 Å². The highest BCUT2D eigenvalue weighted by atomic mass is 35.5. The van der Waals surface area contributed by atoms with Crippen LogP contribution in [0.15, 0.2) is 42.5 Å². The first-order valence-corrected chi connectivity index (χ1v) is 7.80. The maximum absolute atomic E-state index is 12.0. The van der Waals surface area contributed by atoms with Crippen LogP contribution in [0.4, 0.5) is 22.7 Å². The van der Waals surface area contributed by atoms with Crippen molar-refractivity contribution in [1.29, 1.82) is 0 Å². The van der Waals surface area contributed by atoms with Gasteiger partial charge in [0.1, 0.15) is 0 Å². The molecule has 0 atom stereocenters. The number of hydrogen-bond acceptors (Lipinski definition) is 6. The van der Waals surface area contributed by atoms with Gasteiger partial charge in [0.05, 0.1) is 29.4 Å². The van der Waals surface area contributed by atoms with E-state index in [1.54, 1.807) is 24.3 Å². The van der Waals surface area contributed by atoms with Gasteiger partial charge in [0.25, 0.3) is 5.69 Å². The largest absolute Gasteiger partial charge is 0.395 e. The molecule has 0 saturated heterocycles. The highest BCUT2D eigenvalue weighted by molar-refractivity contribution is 6.30. The van der Waals surface area contributed by atoms with Crippen LogP contribution >= 0.6 is 11.6 Å². The van der Waals surface area contributed by atoms with Crippen LogP contribution in [0, 0.1) is 10.1 Å². The monoisotopic (exact) mass is 364 g/mol. The molecule has 2 aromatic carbocycles. The topological polar surface area (TPSA) is 117 Å². The van der Waals surface area contributed by atoms with E-state index in [4.69, 9.17) is 16.7 Å². The van der Waals surface area contributed by atoms with Crippen molar-refractivity contribution in [3.8, 4) is 0 Å². The smallest absolute Gasteiger partial charge is 0.271 e. The second-order valence-electron chi connectivity index (χ2n) is 5.05. The van der Waals surface area contributed by atoms with Crippen molar-refractivity contribution < 1.29 is 14.8 Å². The third-order valence-corrected chi connectivity index (χ3v) is 3.42. The summed E-state index contributed by atoms with van der Waals surface area (Å²) in [6, 6.07) is 10.9. The summed E-state index contributed by atoms with van der Waals surface area (Å²) in [5, 5.41) is 28.8. The highest BCUT2D eigenvalue weighted by Gasteiger charge is 2.12. The first-order valence-electron chi connectivity index (χ1n) is 7.42. The van der Waals surface area contributed by atoms with Crippen LogP contribution in [0.2, 0.25) is 5.02 Å². The number of nitrogens with one attached hydrogen (secondary N) is 3. The molecule has 25 heavy (non-hydrogen) atoms. The minimum absolute atomic E-state index is 0.0916. The van der Waals surface area contributed by atoms with Gasteiger partial charge in [0.2, 0.25) is 5.91 Å². The Morgan fingerprint density at radius 1 is 1.16 bits per heavy atom. The fraction of sp³-hybridized carbons (Fsp3) is 0.188. The van der Waals surface area contributed by atoms with Crippen molar-refractivity contribution in [2.75, 3.05) is 35.6 Å². The zero-order valence-electron chi connectivity index (χ0n) is 13.2. The second-order valence-corrected chi connectivity index (χ2v) is 5.49. The van der Waals surface area contributed by atoms with Gasteiger partial charge >= 0.3 is 0 Å². The zero-order chi connectivity index (χ0) is 18.2. The summed E-state index contributed by atoms with van der Waals surface area (Å²) in [5.41, 5.74) is 1.39. The lowest BCUT2D eigenvalue weighted by molar-refractivity contribution is -0.384. The molecular formula is C16H17ClN4O4. The van der Waals surface area contributed by atoms with Crippen molar-refractivity contribution in [3.63, 3.8) is 0 Å². The quantitative estimate of drug-likeness (QED) is 0.422. The molecular weight excluding hydrogens is 348 g/mol. The predicted molar refractivity (Wildman–Crippen MR) is 97.2 cm³/mol. The Morgan fingerprint density at radius 3 is 2.64 bits per heavy atom. The molecule has 0 aliphatic rings. The summed E-state index contributed by atoms with van der Waals surface area (Å²) >= 11 is 5.86. The van der Waals surface area contributed by atoms with Crippen LogP contribution in [0.5, 0.6) is 0 Å². The number of benzene rings is 2. The molecule has 4 N–H and O–H groups in total. The van der Waals surface area contributed by atoms with Gasteiger partial charge in [-0.25, -0.2) is 0 Å². The number of aliphatic hydroxyl groups is 1. The number of rotatable bonds is 8. The molecule has 0 aliphatic heterocycles. The number of anilines is 3. The third-order valence-electron chi connectivity index (χ3n) is 3.19. The number of carbonyl (C=O) groups is 1. The molecule has 2 rings (SSSR count). The molecule has 0 unspecified atom stereocenters. The average molecular weight is 365 g/mol. The SMILES string of the molecule is O=C(CNc1cc([N+](=O)[O-])ccc1NCCO)Nc1cccc(Cl)c1. The molecule has 1 amide bonds. The van der Waals surface area contributed by atoms with E-state index < -0.39 is 4.92 Å². The lowest BCUT2D eigenvalue weighted by Gasteiger charge is -2.13. The van der Waals surface area contributed by atoms with E-state index in [9.17, 15) is 14.9 Å². The number of nitrogens with zero attached hydrogens (tertiary/aromatic N) is 1. The van der Waals surface area contributed by atoms with E-state index in [2.05, 4.69) is 16.0 Å². The second kappa shape index (κ2) is 8.86. The summed E-state index contributed by atoms with van der Waals surface area (Å²) in [6.45, 7) is 0.0916. The third kappa shape index (κ3) is 5.63. The Kier molecular flexibility index (Phi) is 6.55. The Balaban J connectivity index is 2.05. The van der Waals surface area contributed by atoms with Gasteiger partial charge in [0.15, 0.2) is 0 Å². The van der Waals surface area contributed by atoms with Crippen molar-refractivity contribution in [2.24, 2.45) is 0 Å². The molecule has 0 radical (unpaired) electrons. The zero-order valence-corrected chi connectivity index (χ0v) is 13.9. The Morgan fingerprint density at radius 2 is 1.96 bits per heavy atom. The van der Waals surface area contributed by atoms with Crippen molar-refractivity contribution in [2.45, 2.75) is 0 Å². The van der Waals surface area contributed by atoms with E-state index in [1.807, 2.05) is 0 Å². The Hall–Kier alpha value is -2.84. The van der Waals surface area contributed by atoms with E-state index >= 15 is 0 Å². The number of aliphatic hydroxyl groups excluding tert-OH is 1. The number of hydrogen-bond donors (Lipinski definition) is 4. The van der Waals surface area contributed by atoms with Gasteiger partial charge < -0.3 is 21.1 Å². The summed E-state index contributed by atoms with van der Waals surface area (Å²) in [5.74, 6) is -0.332. The molecule has 0 heterocycles. The number of nitro benzene ring substituents is 1. The number of non-ortho nitro benzene ring substituents is 1. The Labute approximate surface area is 149 Å². The van der Waals surface area contributed by atoms with E-state index in [0.717, 1.165) is 0 Å². The van der Waals surface area contributed by atoms with Gasteiger partial charge in [0, 0.05) is 29.4 Å². The van der Waals surface area contributed by atoms with Crippen LogP contribution < -0.4 is 16.0 Å². The molecule has 8 nitrogen and oxygen atoms in total. The van der Waals surface area contributed by atoms with Gasteiger partial charge in [-0.3, -0.25) is 14.9 Å². The standard InChI is InChI=1S/C16H17ClN4O4/c17-11-2-1-3-12(8-11)20-16(23)10-19-15-9-13(21(24)25)4-5-14(15)18-6-7-22/h1-5,8-9,18-19,22H,6-7,10H2,(H,20,23). The lowest BCUT2D eigenvalue weighted by Crippen LogP contribution is -2.22. The lowest BCUT2D eigenvalue weighted by atomic mass is 10.2. The summed E-state index contributed by atoms with van der Waals surface area (Å²) < 4.78 is 0. The average Bonchev–Trinajstić information content (AvgIpc) is 2.58. The first-order chi connectivity index (χ1) is 12.0. The summed E-state index contributed by atoms with van der Waals surface area (Å²) in [7, 11) is 0. The number of halogens is 1. The van der Waals surface area contributed by atoms with Gasteiger partial charge in [-0.15, -0.1) is 0 Å². The molecule has 2 aromatic rings. The van der Waals surface area contributed by atoms with Crippen molar-refractivity contribution in [1.82, 2.24) is 0 Å². The maximum atomic E-state index is 12.0. The number of carbonyl (C=O) groups excluding carboxylic acids is 1. The Bertz CT molecular complexity index is 770. The number of amides is 1. The molecule has 0 bridgehead atoms. The molecule has 0 spiro atoms. The molecule has 9 heteroatoms. The molecule has 0 aromatic heterocycles. The van der Waals surface area contributed by atoms with Gasteiger partial charge in [-0.05, 0) is 24.3 Å². The first kappa shape index (κ1) is 18.5. The minimum Gasteiger partial charge on any atom is -0.395 e. The summed E-state index contributed by atoms with van der Waals surface area (Å²) in [4.78, 5) is 22.4. The van der Waals surface area contributed by atoms with E-state index in [0.29, 0.717) is 22.1 Å². The summed E-state index contributed by atoms with van der Waals surface area (Å²) in [6.07, 6.45) is 0. The number of nitro groups is 1. The van der Waals surface area contributed by atoms with Gasteiger partial charge in [-0.2, -0.15) is 0 Å². The molecule has 0 aliphatic carbocycles. The normalized spacial score (nSPS) is 10.2. The van der Waals surface area contributed by atoms with Crippen molar-refractivity contribution >= 4 is 40.3 Å². The fourth-order valence-corrected chi connectivity index (χ4v) is 2.27. The molecule has 0 saturated carbocycles. The van der Waals surface area contributed by atoms with Crippen LogP contribution in [0.3, 0.4) is 0 Å².